The lowest BCUT2D eigenvalue weighted by Gasteiger charge is -2.32. The number of unbranched alkanes of at least 4 members (excludes halogenated alkanes) is 3. The Morgan fingerprint density at radius 3 is 2.60 bits per heavy atom. The molecule has 0 spiro atoms. The van der Waals surface area contributed by atoms with E-state index in [1.807, 2.05) is 45.9 Å². The number of hydrogen-bond donors (Lipinski definition) is 2. The highest BCUT2D eigenvalue weighted by atomic mass is 19.1. The molecule has 1 unspecified atom stereocenters. The van der Waals surface area contributed by atoms with Crippen LogP contribution in [0.5, 0.6) is 11.8 Å². The minimum atomic E-state index is -0.289. The standard InChI is InChI=1S/C45H58FN7O2/c1-8-12-14-19-45(7,18-13-9-2)28-55-44-51-39-25-37(36-24-33(54)22-30-16-17-38(46)34(10-3)40(30)36)42(50-29(5)6)35(11-4)41(39)43(52-44)53-21-15-20-49-32(27-53)23-31(48)26-47/h11,16-17,22-25,29,54H,8-10,12-15,18-21,27-28,48H2,1-7H3/b31-23-,35-11-,50-42?. The summed E-state index contributed by atoms with van der Waals surface area (Å²) in [5.41, 5.74) is 11.7. The lowest BCUT2D eigenvalue weighted by atomic mass is 9.81. The molecule has 1 aromatic heterocycles. The van der Waals surface area contributed by atoms with Gasteiger partial charge in [-0.3, -0.25) is 9.98 Å². The number of nitrogens with two attached hydrogens (primary N) is 1. The van der Waals surface area contributed by atoms with E-state index in [1.165, 1.54) is 12.5 Å². The molecule has 0 saturated carbocycles. The number of nitriles is 1. The topological polar surface area (TPSA) is 133 Å². The number of fused-ring (bicyclic) bond motifs is 2. The molecule has 0 fully saturated rings. The Labute approximate surface area is 326 Å². The number of phenols is 1. The zero-order valence-electron chi connectivity index (χ0n) is 33.8. The average molecular weight is 748 g/mol. The van der Waals surface area contributed by atoms with E-state index in [0.717, 1.165) is 72.4 Å². The van der Waals surface area contributed by atoms with E-state index in [9.17, 15) is 10.4 Å². The van der Waals surface area contributed by atoms with Gasteiger partial charge in [0.25, 0.3) is 0 Å². The number of phenolic OH excluding ortho intramolecular Hbond substituents is 1. The van der Waals surface area contributed by atoms with Gasteiger partial charge in [-0.05, 0) is 98.7 Å². The van der Waals surface area contributed by atoms with Crippen molar-refractivity contribution in [3.8, 4) is 17.8 Å². The number of aryl methyl sites for hydroxylation is 1. The van der Waals surface area contributed by atoms with Gasteiger partial charge in [-0.2, -0.15) is 15.2 Å². The summed E-state index contributed by atoms with van der Waals surface area (Å²) in [6.45, 7) is 16.8. The van der Waals surface area contributed by atoms with Crippen LogP contribution in [0.2, 0.25) is 0 Å². The Balaban J connectivity index is 1.78. The molecule has 292 valence electrons. The van der Waals surface area contributed by atoms with Gasteiger partial charge in [-0.25, -0.2) is 4.39 Å². The van der Waals surface area contributed by atoms with E-state index >= 15 is 4.39 Å². The fourth-order valence-electron chi connectivity index (χ4n) is 7.72. The number of hydrogen-bond acceptors (Lipinski definition) is 9. The summed E-state index contributed by atoms with van der Waals surface area (Å²) in [6, 6.07) is 8.78. The number of aromatic hydroxyl groups is 1. The lowest BCUT2D eigenvalue weighted by molar-refractivity contribution is 0.126. The summed E-state index contributed by atoms with van der Waals surface area (Å²) in [5, 5.41) is 22.0. The summed E-state index contributed by atoms with van der Waals surface area (Å²) in [7, 11) is 0. The molecule has 55 heavy (non-hydrogen) atoms. The Kier molecular flexibility index (Phi) is 13.9. The number of anilines is 1. The fraction of sp³-hybridized carbons (Fsp3) is 0.489. The van der Waals surface area contributed by atoms with Gasteiger partial charge in [0.15, 0.2) is 0 Å². The third-order valence-corrected chi connectivity index (χ3v) is 10.5. The highest BCUT2D eigenvalue weighted by Gasteiger charge is 2.33. The van der Waals surface area contributed by atoms with Crippen molar-refractivity contribution in [2.75, 3.05) is 31.1 Å². The van der Waals surface area contributed by atoms with Crippen LogP contribution < -0.4 is 15.4 Å². The zero-order chi connectivity index (χ0) is 39.7. The Hall–Kier alpha value is -5.04. The zero-order valence-corrected chi connectivity index (χ0v) is 33.8. The number of ether oxygens (including phenoxy) is 1. The first kappa shape index (κ1) is 41.1. The molecule has 2 aliphatic rings. The molecule has 1 aliphatic carbocycles. The monoisotopic (exact) mass is 747 g/mol. The van der Waals surface area contributed by atoms with E-state index in [1.54, 1.807) is 24.3 Å². The van der Waals surface area contributed by atoms with Crippen molar-refractivity contribution in [2.45, 2.75) is 112 Å². The van der Waals surface area contributed by atoms with Gasteiger partial charge >= 0.3 is 6.01 Å². The smallest absolute Gasteiger partial charge is 0.318 e. The second-order valence-corrected chi connectivity index (χ2v) is 15.4. The summed E-state index contributed by atoms with van der Waals surface area (Å²) in [4.78, 5) is 22.4. The lowest BCUT2D eigenvalue weighted by Crippen LogP contribution is -2.32. The van der Waals surface area contributed by atoms with Gasteiger partial charge in [-0.1, -0.05) is 71.9 Å². The van der Waals surface area contributed by atoms with Crippen LogP contribution in [0.15, 0.2) is 52.1 Å². The molecule has 9 nitrogen and oxygen atoms in total. The van der Waals surface area contributed by atoms with Gasteiger partial charge in [0.1, 0.15) is 29.2 Å². The highest BCUT2D eigenvalue weighted by molar-refractivity contribution is 6.50. The van der Waals surface area contributed by atoms with Crippen molar-refractivity contribution in [3.63, 3.8) is 0 Å². The van der Waals surface area contributed by atoms with Crippen LogP contribution in [0.25, 0.3) is 28.0 Å². The van der Waals surface area contributed by atoms with E-state index in [4.69, 9.17) is 30.4 Å². The second kappa shape index (κ2) is 18.5. The molecule has 0 bridgehead atoms. The van der Waals surface area contributed by atoms with Crippen LogP contribution in [-0.4, -0.2) is 58.8 Å². The fourth-order valence-corrected chi connectivity index (χ4v) is 7.72. The molecule has 1 atom stereocenters. The Bertz CT molecular complexity index is 2070. The number of rotatable bonds is 15. The van der Waals surface area contributed by atoms with E-state index in [-0.39, 0.29) is 34.7 Å². The maximum atomic E-state index is 15.5. The van der Waals surface area contributed by atoms with Crippen molar-refractivity contribution in [3.05, 3.63) is 70.3 Å². The van der Waals surface area contributed by atoms with Crippen LogP contribution >= 0.6 is 0 Å². The first-order valence-corrected chi connectivity index (χ1v) is 20.1. The van der Waals surface area contributed by atoms with Crippen LogP contribution in [0, 0.1) is 22.6 Å². The summed E-state index contributed by atoms with van der Waals surface area (Å²) >= 11 is 0. The van der Waals surface area contributed by atoms with Gasteiger partial charge in [0, 0.05) is 35.7 Å². The second-order valence-electron chi connectivity index (χ2n) is 15.4. The molecule has 10 heteroatoms. The molecule has 5 rings (SSSR count). The maximum Gasteiger partial charge on any atom is 0.318 e. The van der Waals surface area contributed by atoms with Crippen LogP contribution in [0.4, 0.5) is 10.2 Å². The molecule has 3 N–H and O–H groups in total. The third-order valence-electron chi connectivity index (χ3n) is 10.5. The quantitative estimate of drug-likeness (QED) is 0.117. The number of halogens is 1. The summed E-state index contributed by atoms with van der Waals surface area (Å²) < 4.78 is 22.1. The first-order valence-electron chi connectivity index (χ1n) is 20.1. The molecule has 0 saturated heterocycles. The molecule has 0 amide bonds. The number of aromatic nitrogens is 2. The molecule has 3 aromatic rings. The molecule has 2 aromatic carbocycles. The van der Waals surface area contributed by atoms with Crippen molar-refractivity contribution in [1.29, 1.82) is 5.26 Å². The SMILES string of the molecule is C/C=C1\C(=NC(C)C)C(c2cc(O)cc3ccc(F)c(CC)c23)=Cc2nc(OCC(C)(CCCC)CCCCC)nc(N3CCCN=C(/C=C(\N)C#N)C3)c21. The van der Waals surface area contributed by atoms with Gasteiger partial charge in [-0.15, -0.1) is 0 Å². The van der Waals surface area contributed by atoms with Crippen molar-refractivity contribution in [1.82, 2.24) is 9.97 Å². The van der Waals surface area contributed by atoms with Crippen molar-refractivity contribution < 1.29 is 14.2 Å². The van der Waals surface area contributed by atoms with Gasteiger partial charge in [0.2, 0.25) is 0 Å². The van der Waals surface area contributed by atoms with Crippen LogP contribution in [-0.2, 0) is 6.42 Å². The number of benzene rings is 2. The van der Waals surface area contributed by atoms with Gasteiger partial charge in [0.05, 0.1) is 35.8 Å². The molecular weight excluding hydrogens is 690 g/mol. The minimum absolute atomic E-state index is 0.0413. The minimum Gasteiger partial charge on any atom is -0.508 e. The number of nitrogens with zero attached hydrogens (tertiary/aromatic N) is 6. The Morgan fingerprint density at radius 1 is 1.15 bits per heavy atom. The molecule has 2 heterocycles. The van der Waals surface area contributed by atoms with E-state index in [2.05, 4.69) is 25.7 Å². The van der Waals surface area contributed by atoms with E-state index < -0.39 is 0 Å². The number of aliphatic imine (C=N–C) groups is 2. The average Bonchev–Trinajstić information content (AvgIpc) is 3.40. The first-order chi connectivity index (χ1) is 26.4. The summed E-state index contributed by atoms with van der Waals surface area (Å²) in [6.07, 6.45) is 14.7. The molecular formula is C45H58FN7O2. The largest absolute Gasteiger partial charge is 0.508 e. The van der Waals surface area contributed by atoms with Gasteiger partial charge < -0.3 is 20.5 Å². The van der Waals surface area contributed by atoms with Crippen LogP contribution in [0.3, 0.4) is 0 Å². The predicted molar refractivity (Wildman–Crippen MR) is 225 cm³/mol. The Morgan fingerprint density at radius 2 is 1.91 bits per heavy atom. The highest BCUT2D eigenvalue weighted by Crippen LogP contribution is 2.44. The van der Waals surface area contributed by atoms with Crippen LogP contribution in [0.1, 0.15) is 122 Å². The molecule has 1 aliphatic heterocycles. The van der Waals surface area contributed by atoms with Crippen molar-refractivity contribution >= 4 is 45.2 Å². The molecule has 0 radical (unpaired) electrons. The number of allylic oxidation sites excluding steroid dienone is 4. The van der Waals surface area contributed by atoms with E-state index in [0.29, 0.717) is 66.7 Å². The predicted octanol–water partition coefficient (Wildman–Crippen LogP) is 10.0. The third kappa shape index (κ3) is 9.62. The van der Waals surface area contributed by atoms with Crippen molar-refractivity contribution in [2.24, 2.45) is 21.1 Å². The normalized spacial score (nSPS) is 17.5. The maximum absolute atomic E-state index is 15.5. The summed E-state index contributed by atoms with van der Waals surface area (Å²) in [5.74, 6) is 0.472.